The first-order chi connectivity index (χ1) is 9.20. The molecule has 0 spiro atoms. The molecule has 0 saturated heterocycles. The van der Waals surface area contributed by atoms with Crippen LogP contribution in [0.3, 0.4) is 0 Å². The third-order valence-corrected chi connectivity index (χ3v) is 2.61. The number of aromatic nitrogens is 4. The van der Waals surface area contributed by atoms with Gasteiger partial charge >= 0.3 is 5.97 Å². The Balaban J connectivity index is 1.94. The Labute approximate surface area is 110 Å². The molecule has 2 aromatic rings. The van der Waals surface area contributed by atoms with Crippen LogP contribution in [0.15, 0.2) is 24.5 Å². The zero-order valence-electron chi connectivity index (χ0n) is 10.8. The highest BCUT2D eigenvalue weighted by molar-refractivity contribution is 5.90. The fourth-order valence-corrected chi connectivity index (χ4v) is 1.64. The minimum Gasteiger partial charge on any atom is -0.465 e. The molecule has 7 heteroatoms. The fourth-order valence-electron chi connectivity index (χ4n) is 1.64. The third-order valence-electron chi connectivity index (χ3n) is 2.61. The van der Waals surface area contributed by atoms with E-state index < -0.39 is 0 Å². The number of anilines is 1. The van der Waals surface area contributed by atoms with Gasteiger partial charge in [0.05, 0.1) is 31.1 Å². The highest BCUT2D eigenvalue weighted by Gasteiger charge is 2.10. The van der Waals surface area contributed by atoms with Gasteiger partial charge in [-0.25, -0.2) is 9.78 Å². The van der Waals surface area contributed by atoms with Crippen molar-refractivity contribution in [1.29, 1.82) is 0 Å². The second kappa shape index (κ2) is 5.94. The molecule has 2 heterocycles. The molecule has 0 radical (unpaired) electrons. The molecule has 2 aromatic heterocycles. The van der Waals surface area contributed by atoms with Crippen LogP contribution >= 0.6 is 0 Å². The van der Waals surface area contributed by atoms with Crippen molar-refractivity contribution >= 4 is 11.8 Å². The molecule has 0 unspecified atom stereocenters. The molecule has 0 aliphatic heterocycles. The van der Waals surface area contributed by atoms with Crippen molar-refractivity contribution in [1.82, 2.24) is 20.0 Å². The lowest BCUT2D eigenvalue weighted by atomic mass is 10.2. The van der Waals surface area contributed by atoms with E-state index >= 15 is 0 Å². The van der Waals surface area contributed by atoms with E-state index in [0.29, 0.717) is 30.2 Å². The quantitative estimate of drug-likeness (QED) is 0.805. The topological polar surface area (TPSA) is 81.9 Å². The summed E-state index contributed by atoms with van der Waals surface area (Å²) in [5, 5.41) is 10.7. The van der Waals surface area contributed by atoms with Crippen molar-refractivity contribution in [3.63, 3.8) is 0 Å². The number of aryl methyl sites for hydroxylation is 1. The molecule has 19 heavy (non-hydrogen) atoms. The van der Waals surface area contributed by atoms with Gasteiger partial charge in [0.1, 0.15) is 5.82 Å². The van der Waals surface area contributed by atoms with Gasteiger partial charge in [0.15, 0.2) is 0 Å². The lowest BCUT2D eigenvalue weighted by molar-refractivity contribution is 0.0599. The number of pyridine rings is 1. The average molecular weight is 261 g/mol. The predicted octanol–water partition coefficient (Wildman–Crippen LogP) is 0.880. The minimum atomic E-state index is -0.376. The van der Waals surface area contributed by atoms with E-state index in [1.54, 1.807) is 36.1 Å². The van der Waals surface area contributed by atoms with Crippen LogP contribution < -0.4 is 5.32 Å². The van der Waals surface area contributed by atoms with E-state index in [1.165, 1.54) is 7.11 Å². The van der Waals surface area contributed by atoms with Gasteiger partial charge in [-0.05, 0) is 19.1 Å². The van der Waals surface area contributed by atoms with Gasteiger partial charge < -0.3 is 10.1 Å². The van der Waals surface area contributed by atoms with Gasteiger partial charge in [0.25, 0.3) is 0 Å². The van der Waals surface area contributed by atoms with Crippen LogP contribution in [0.4, 0.5) is 5.82 Å². The number of esters is 1. The molecule has 1 N–H and O–H groups in total. The summed E-state index contributed by atoms with van der Waals surface area (Å²) < 4.78 is 6.39. The summed E-state index contributed by atoms with van der Waals surface area (Å²) in [5.74, 6) is 0.337. The van der Waals surface area contributed by atoms with E-state index in [0.717, 1.165) is 0 Å². The highest BCUT2D eigenvalue weighted by Crippen LogP contribution is 2.11. The lowest BCUT2D eigenvalue weighted by Gasteiger charge is -2.08. The monoisotopic (exact) mass is 261 g/mol. The second-order valence-corrected chi connectivity index (χ2v) is 3.91. The standard InChI is InChI=1S/C12H15N5O2/c1-9-10(12(18)19-2)3-4-11(15-9)13-5-7-17-8-6-14-16-17/h3-4,6,8H,5,7H2,1-2H3,(H,13,15). The molecule has 0 aliphatic rings. The summed E-state index contributed by atoms with van der Waals surface area (Å²) in [6, 6.07) is 3.45. The van der Waals surface area contributed by atoms with Gasteiger partial charge in [-0.15, -0.1) is 5.10 Å². The van der Waals surface area contributed by atoms with Gasteiger partial charge in [-0.3, -0.25) is 4.68 Å². The van der Waals surface area contributed by atoms with Crippen molar-refractivity contribution in [2.45, 2.75) is 13.5 Å². The fraction of sp³-hybridized carbons (Fsp3) is 0.333. The van der Waals surface area contributed by atoms with Crippen LogP contribution in [0.1, 0.15) is 16.1 Å². The smallest absolute Gasteiger partial charge is 0.339 e. The van der Waals surface area contributed by atoms with E-state index in [1.807, 2.05) is 0 Å². The number of nitrogens with one attached hydrogen (secondary N) is 1. The molecule has 0 bridgehead atoms. The molecule has 0 fully saturated rings. The van der Waals surface area contributed by atoms with E-state index in [9.17, 15) is 4.79 Å². The first-order valence-electron chi connectivity index (χ1n) is 5.84. The molecule has 7 nitrogen and oxygen atoms in total. The Morgan fingerprint density at radius 3 is 2.95 bits per heavy atom. The van der Waals surface area contributed by atoms with Crippen LogP contribution in [-0.2, 0) is 11.3 Å². The number of hydrogen-bond acceptors (Lipinski definition) is 6. The summed E-state index contributed by atoms with van der Waals surface area (Å²) in [7, 11) is 1.35. The number of nitrogens with zero attached hydrogens (tertiary/aromatic N) is 4. The van der Waals surface area contributed by atoms with Gasteiger partial charge in [-0.1, -0.05) is 5.21 Å². The van der Waals surface area contributed by atoms with Crippen LogP contribution in [-0.4, -0.2) is 39.6 Å². The number of carbonyl (C=O) groups is 1. The van der Waals surface area contributed by atoms with E-state index in [2.05, 4.69) is 25.3 Å². The number of carbonyl (C=O) groups excluding carboxylic acids is 1. The van der Waals surface area contributed by atoms with Crippen LogP contribution in [0.2, 0.25) is 0 Å². The van der Waals surface area contributed by atoms with Crippen LogP contribution in [0.5, 0.6) is 0 Å². The number of hydrogen-bond donors (Lipinski definition) is 1. The van der Waals surface area contributed by atoms with Crippen molar-refractivity contribution in [2.24, 2.45) is 0 Å². The summed E-state index contributed by atoms with van der Waals surface area (Å²) in [4.78, 5) is 15.7. The minimum absolute atomic E-state index is 0.376. The maximum atomic E-state index is 11.4. The number of methoxy groups -OCH3 is 1. The normalized spacial score (nSPS) is 10.2. The third kappa shape index (κ3) is 3.27. The lowest BCUT2D eigenvalue weighted by Crippen LogP contribution is -2.13. The Bertz CT molecular complexity index is 553. The predicted molar refractivity (Wildman–Crippen MR) is 68.8 cm³/mol. The molecule has 0 amide bonds. The Kier molecular flexibility index (Phi) is 4.07. The molecular weight excluding hydrogens is 246 g/mol. The van der Waals surface area contributed by atoms with Gasteiger partial charge in [0.2, 0.25) is 0 Å². The maximum Gasteiger partial charge on any atom is 0.339 e. The molecule has 0 aliphatic carbocycles. The summed E-state index contributed by atoms with van der Waals surface area (Å²) in [6.07, 6.45) is 3.42. The molecule has 0 atom stereocenters. The Hall–Kier alpha value is -2.44. The molecule has 2 rings (SSSR count). The van der Waals surface area contributed by atoms with E-state index in [4.69, 9.17) is 0 Å². The maximum absolute atomic E-state index is 11.4. The average Bonchev–Trinajstić information content (AvgIpc) is 2.91. The summed E-state index contributed by atoms with van der Waals surface area (Å²) >= 11 is 0. The molecule has 100 valence electrons. The van der Waals surface area contributed by atoms with Gasteiger partial charge in [-0.2, -0.15) is 0 Å². The molecule has 0 saturated carbocycles. The zero-order valence-corrected chi connectivity index (χ0v) is 10.8. The second-order valence-electron chi connectivity index (χ2n) is 3.91. The van der Waals surface area contributed by atoms with Crippen molar-refractivity contribution in [3.05, 3.63) is 35.8 Å². The Morgan fingerprint density at radius 2 is 2.32 bits per heavy atom. The van der Waals surface area contributed by atoms with Crippen molar-refractivity contribution in [2.75, 3.05) is 19.0 Å². The largest absolute Gasteiger partial charge is 0.465 e. The van der Waals surface area contributed by atoms with Gasteiger partial charge in [0, 0.05) is 12.7 Å². The highest BCUT2D eigenvalue weighted by atomic mass is 16.5. The molecule has 0 aromatic carbocycles. The first kappa shape index (κ1) is 13.0. The Morgan fingerprint density at radius 1 is 1.47 bits per heavy atom. The number of ether oxygens (including phenoxy) is 1. The van der Waals surface area contributed by atoms with Crippen molar-refractivity contribution in [3.8, 4) is 0 Å². The summed E-state index contributed by atoms with van der Waals surface area (Å²) in [5.41, 5.74) is 1.11. The number of rotatable bonds is 5. The molecular formula is C12H15N5O2. The first-order valence-corrected chi connectivity index (χ1v) is 5.84. The summed E-state index contributed by atoms with van der Waals surface area (Å²) in [6.45, 7) is 3.14. The SMILES string of the molecule is COC(=O)c1ccc(NCCn2ccnn2)nc1C. The van der Waals surface area contributed by atoms with Crippen molar-refractivity contribution < 1.29 is 9.53 Å². The van der Waals surface area contributed by atoms with E-state index in [-0.39, 0.29) is 5.97 Å². The van der Waals surface area contributed by atoms with Crippen LogP contribution in [0, 0.1) is 6.92 Å². The van der Waals surface area contributed by atoms with Crippen LogP contribution in [0.25, 0.3) is 0 Å². The zero-order chi connectivity index (χ0) is 13.7.